The topological polar surface area (TPSA) is 103 Å². The second kappa shape index (κ2) is 11.0. The van der Waals surface area contributed by atoms with Crippen LogP contribution in [0.25, 0.3) is 10.8 Å². The third-order valence-electron chi connectivity index (χ3n) is 7.51. The number of amides is 1. The third kappa shape index (κ3) is 5.10. The number of aromatic nitrogens is 3. The predicted molar refractivity (Wildman–Crippen MR) is 153 cm³/mol. The number of ketones is 1. The number of hydrogen-bond acceptors (Lipinski definition) is 8. The molecule has 0 radical (unpaired) electrons. The molecule has 2 fully saturated rings. The molecule has 0 bridgehead atoms. The lowest BCUT2D eigenvalue weighted by Crippen LogP contribution is -2.49. The van der Waals surface area contributed by atoms with E-state index < -0.39 is 11.7 Å². The van der Waals surface area contributed by atoms with Crippen LogP contribution >= 0.6 is 0 Å². The Kier molecular flexibility index (Phi) is 7.08. The minimum Gasteiger partial charge on any atom is -0.349 e. The van der Waals surface area contributed by atoms with E-state index in [1.165, 1.54) is 12.1 Å². The number of halogens is 1. The lowest BCUT2D eigenvalue weighted by molar-refractivity contribution is -0.116. The van der Waals surface area contributed by atoms with E-state index in [-0.39, 0.29) is 23.3 Å². The number of Topliss-reactive ketones (excluding diaryl/α,β-unsaturated/α-hetero) is 1. The van der Waals surface area contributed by atoms with Gasteiger partial charge in [0.2, 0.25) is 5.95 Å². The molecule has 2 N–H and O–H groups in total. The van der Waals surface area contributed by atoms with E-state index >= 15 is 4.39 Å². The van der Waals surface area contributed by atoms with Gasteiger partial charge < -0.3 is 15.5 Å². The van der Waals surface area contributed by atoms with E-state index in [0.29, 0.717) is 43.4 Å². The second-order valence-corrected chi connectivity index (χ2v) is 10.3. The predicted octanol–water partition coefficient (Wildman–Crippen LogP) is 4.39. The standard InChI is InChI=1S/C30H30FN7O2/c1-19-4-2-5-20-9-13-33-28(27(19)20)38(22-6-3-12-32-17-22)29(40)24-8-7-21(16-25(24)31)35-30-34-14-10-26(36-30)37-15-11-23(39)18-37/h2,4-5,7-10,13-14,16,22,32H,3,6,11-12,15,17-18H2,1H3,(H,34,35,36)/t22-/m1/s1. The highest BCUT2D eigenvalue weighted by molar-refractivity contribution is 6.11. The first-order chi connectivity index (χ1) is 19.5. The van der Waals surface area contributed by atoms with E-state index in [4.69, 9.17) is 0 Å². The van der Waals surface area contributed by atoms with Crippen LogP contribution in [-0.2, 0) is 4.79 Å². The molecule has 40 heavy (non-hydrogen) atoms. The fourth-order valence-corrected chi connectivity index (χ4v) is 5.50. The van der Waals surface area contributed by atoms with Crippen LogP contribution in [0.5, 0.6) is 0 Å². The van der Waals surface area contributed by atoms with Crippen molar-refractivity contribution in [2.75, 3.05) is 41.3 Å². The van der Waals surface area contributed by atoms with Gasteiger partial charge in [-0.2, -0.15) is 4.98 Å². The molecule has 2 aromatic carbocycles. The van der Waals surface area contributed by atoms with Gasteiger partial charge in [-0.1, -0.05) is 18.2 Å². The summed E-state index contributed by atoms with van der Waals surface area (Å²) in [4.78, 5) is 42.6. The van der Waals surface area contributed by atoms with Gasteiger partial charge in [-0.15, -0.1) is 0 Å². The van der Waals surface area contributed by atoms with Crippen molar-refractivity contribution in [1.82, 2.24) is 20.3 Å². The molecule has 0 saturated carbocycles. The largest absolute Gasteiger partial charge is 0.349 e. The Morgan fingerprint density at radius 2 is 2.02 bits per heavy atom. The SMILES string of the molecule is Cc1cccc2ccnc(N(C(=O)c3ccc(Nc4nccc(N5CCC(=O)C5)n4)cc3F)[C@@H]3CCCNC3)c12. The van der Waals surface area contributed by atoms with Crippen LogP contribution < -0.4 is 20.4 Å². The Morgan fingerprint density at radius 1 is 1.15 bits per heavy atom. The summed E-state index contributed by atoms with van der Waals surface area (Å²) in [5.41, 5.74) is 1.38. The molecule has 1 atom stereocenters. The molecule has 0 unspecified atom stereocenters. The Morgan fingerprint density at radius 3 is 2.80 bits per heavy atom. The Bertz CT molecular complexity index is 1580. The number of aryl methyl sites for hydroxylation is 1. The molecule has 2 aliphatic rings. The van der Waals surface area contributed by atoms with Gasteiger partial charge in [0.15, 0.2) is 5.78 Å². The normalized spacial score (nSPS) is 17.3. The highest BCUT2D eigenvalue weighted by Crippen LogP contribution is 2.32. The zero-order valence-electron chi connectivity index (χ0n) is 22.2. The average Bonchev–Trinajstić information content (AvgIpc) is 3.40. The highest BCUT2D eigenvalue weighted by Gasteiger charge is 2.32. The molecular weight excluding hydrogens is 509 g/mol. The molecule has 204 valence electrons. The molecule has 2 aliphatic heterocycles. The Hall–Kier alpha value is -4.44. The zero-order chi connectivity index (χ0) is 27.6. The summed E-state index contributed by atoms with van der Waals surface area (Å²) in [6, 6.07) is 13.9. The fraction of sp³-hybridized carbons (Fsp3) is 0.300. The van der Waals surface area contributed by atoms with Crippen LogP contribution in [0, 0.1) is 12.7 Å². The van der Waals surface area contributed by atoms with Crippen LogP contribution in [0.2, 0.25) is 0 Å². The highest BCUT2D eigenvalue weighted by atomic mass is 19.1. The van der Waals surface area contributed by atoms with Crippen molar-refractivity contribution in [2.45, 2.75) is 32.2 Å². The van der Waals surface area contributed by atoms with E-state index in [1.54, 1.807) is 29.4 Å². The van der Waals surface area contributed by atoms with E-state index in [9.17, 15) is 9.59 Å². The molecule has 4 heterocycles. The number of nitrogens with one attached hydrogen (secondary N) is 2. The molecule has 6 rings (SSSR count). The van der Waals surface area contributed by atoms with E-state index in [1.807, 2.05) is 36.1 Å². The van der Waals surface area contributed by atoms with Gasteiger partial charge in [-0.3, -0.25) is 14.5 Å². The van der Waals surface area contributed by atoms with E-state index in [2.05, 4.69) is 25.6 Å². The zero-order valence-corrected chi connectivity index (χ0v) is 22.2. The number of anilines is 4. The van der Waals surface area contributed by atoms with Gasteiger partial charge in [-0.25, -0.2) is 14.4 Å². The quantitative estimate of drug-likeness (QED) is 0.372. The number of carbonyl (C=O) groups is 2. The molecule has 2 saturated heterocycles. The fourth-order valence-electron chi connectivity index (χ4n) is 5.50. The van der Waals surface area contributed by atoms with Crippen LogP contribution in [0.1, 0.15) is 35.2 Å². The maximum absolute atomic E-state index is 15.6. The minimum atomic E-state index is -0.651. The van der Waals surface area contributed by atoms with Crippen molar-refractivity contribution < 1.29 is 14.0 Å². The molecule has 0 aliphatic carbocycles. The summed E-state index contributed by atoms with van der Waals surface area (Å²) >= 11 is 0. The minimum absolute atomic E-state index is 0.0336. The molecule has 2 aromatic heterocycles. The van der Waals surface area contributed by atoms with Crippen LogP contribution in [0.4, 0.5) is 27.7 Å². The summed E-state index contributed by atoms with van der Waals surface area (Å²) in [5, 5.41) is 8.26. The first-order valence-corrected chi connectivity index (χ1v) is 13.5. The second-order valence-electron chi connectivity index (χ2n) is 10.3. The van der Waals surface area contributed by atoms with Crippen LogP contribution in [-0.4, -0.2) is 58.9 Å². The maximum Gasteiger partial charge on any atom is 0.262 e. The molecular formula is C30H30FN7O2. The summed E-state index contributed by atoms with van der Waals surface area (Å²) in [6.45, 7) is 4.41. The number of hydrogen-bond donors (Lipinski definition) is 2. The van der Waals surface area contributed by atoms with Crippen LogP contribution in [0.3, 0.4) is 0 Å². The first-order valence-electron chi connectivity index (χ1n) is 13.5. The lowest BCUT2D eigenvalue weighted by atomic mass is 10.0. The molecule has 10 heteroatoms. The number of piperidine rings is 1. The number of fused-ring (bicyclic) bond motifs is 1. The van der Waals surface area contributed by atoms with Crippen molar-refractivity contribution >= 4 is 45.7 Å². The van der Waals surface area contributed by atoms with Gasteiger partial charge in [0.05, 0.1) is 18.2 Å². The molecule has 0 spiro atoms. The van der Waals surface area contributed by atoms with Crippen molar-refractivity contribution in [2.24, 2.45) is 0 Å². The number of benzene rings is 2. The van der Waals surface area contributed by atoms with Gasteiger partial charge in [-0.05, 0) is 67.6 Å². The average molecular weight is 540 g/mol. The van der Waals surface area contributed by atoms with Gasteiger partial charge in [0, 0.05) is 43.0 Å². The third-order valence-corrected chi connectivity index (χ3v) is 7.51. The monoisotopic (exact) mass is 539 g/mol. The van der Waals surface area contributed by atoms with E-state index in [0.717, 1.165) is 35.7 Å². The molecule has 1 amide bonds. The van der Waals surface area contributed by atoms with Gasteiger partial charge in [0.1, 0.15) is 17.5 Å². The van der Waals surface area contributed by atoms with Gasteiger partial charge in [0.25, 0.3) is 5.91 Å². The summed E-state index contributed by atoms with van der Waals surface area (Å²) in [5.74, 6) is 0.537. The number of pyridine rings is 1. The number of nitrogens with zero attached hydrogens (tertiary/aromatic N) is 5. The summed E-state index contributed by atoms with van der Waals surface area (Å²) in [6.07, 6.45) is 5.49. The Balaban J connectivity index is 1.30. The summed E-state index contributed by atoms with van der Waals surface area (Å²) in [7, 11) is 0. The van der Waals surface area contributed by atoms with Crippen molar-refractivity contribution in [3.63, 3.8) is 0 Å². The lowest BCUT2D eigenvalue weighted by Gasteiger charge is -2.35. The number of rotatable bonds is 6. The molecule has 9 nitrogen and oxygen atoms in total. The molecule has 4 aromatic rings. The van der Waals surface area contributed by atoms with Gasteiger partial charge >= 0.3 is 0 Å². The number of carbonyl (C=O) groups excluding carboxylic acids is 2. The Labute approximate surface area is 231 Å². The first kappa shape index (κ1) is 25.8. The van der Waals surface area contributed by atoms with Crippen LogP contribution in [0.15, 0.2) is 60.9 Å². The maximum atomic E-state index is 15.6. The summed E-state index contributed by atoms with van der Waals surface area (Å²) < 4.78 is 15.6. The van der Waals surface area contributed by atoms with Crippen molar-refractivity contribution in [3.05, 3.63) is 77.9 Å². The smallest absolute Gasteiger partial charge is 0.262 e. The van der Waals surface area contributed by atoms with Crippen molar-refractivity contribution in [1.29, 1.82) is 0 Å². The van der Waals surface area contributed by atoms with Crippen molar-refractivity contribution in [3.8, 4) is 0 Å².